The molecule has 3 aromatic carbocycles. The fourth-order valence-electron chi connectivity index (χ4n) is 3.24. The van der Waals surface area contributed by atoms with E-state index < -0.39 is 56.7 Å². The third kappa shape index (κ3) is 4.03. The first-order valence-electron chi connectivity index (χ1n) is 8.43. The summed E-state index contributed by atoms with van der Waals surface area (Å²) in [7, 11) is 0.952. The summed E-state index contributed by atoms with van der Waals surface area (Å²) < 4.78 is 85.7. The molecule has 0 fully saturated rings. The van der Waals surface area contributed by atoms with Crippen LogP contribution in [0.2, 0.25) is 0 Å². The quantitative estimate of drug-likeness (QED) is 0.208. The Kier molecular flexibility index (Phi) is 5.38. The third-order valence-corrected chi connectivity index (χ3v) is 4.53. The molecule has 11 heteroatoms. The standard InChI is InChI=1S/C20H11F6NO4/c1-31-18(28)13-7-6-10-4-2-3-5-12(10)16(13)17-14(20(24,25)26)8-11(19(21,22)23)9-15(17)27(29)30/h2-9H,1H3. The largest absolute Gasteiger partial charge is 0.465 e. The second-order valence-electron chi connectivity index (χ2n) is 6.37. The summed E-state index contributed by atoms with van der Waals surface area (Å²) in [4.78, 5) is 22.5. The number of hydrogen-bond acceptors (Lipinski definition) is 4. The second kappa shape index (κ2) is 7.56. The number of nitro groups is 1. The maximum absolute atomic E-state index is 13.9. The molecule has 3 aromatic rings. The van der Waals surface area contributed by atoms with Gasteiger partial charge in [-0.25, -0.2) is 4.79 Å². The number of alkyl halides is 6. The van der Waals surface area contributed by atoms with Gasteiger partial charge < -0.3 is 4.74 Å². The maximum Gasteiger partial charge on any atom is 0.417 e. The predicted octanol–water partition coefficient (Wildman–Crippen LogP) is 6.24. The molecular weight excluding hydrogens is 432 g/mol. The van der Waals surface area contributed by atoms with Crippen molar-refractivity contribution in [2.75, 3.05) is 7.11 Å². The van der Waals surface area contributed by atoms with Gasteiger partial charge in [0.05, 0.1) is 34.3 Å². The van der Waals surface area contributed by atoms with Crippen LogP contribution in [-0.4, -0.2) is 18.0 Å². The molecule has 0 aromatic heterocycles. The zero-order valence-electron chi connectivity index (χ0n) is 15.5. The molecule has 0 saturated carbocycles. The molecule has 31 heavy (non-hydrogen) atoms. The monoisotopic (exact) mass is 443 g/mol. The molecular formula is C20H11F6NO4. The van der Waals surface area contributed by atoms with Crippen molar-refractivity contribution in [3.05, 3.63) is 75.3 Å². The highest BCUT2D eigenvalue weighted by Gasteiger charge is 2.43. The normalized spacial score (nSPS) is 12.1. The highest BCUT2D eigenvalue weighted by molar-refractivity contribution is 6.10. The topological polar surface area (TPSA) is 69.4 Å². The molecule has 0 saturated heterocycles. The maximum atomic E-state index is 13.9. The van der Waals surface area contributed by atoms with E-state index in [0.29, 0.717) is 5.39 Å². The number of nitro benzene ring substituents is 1. The first kappa shape index (κ1) is 22.1. The summed E-state index contributed by atoms with van der Waals surface area (Å²) in [6.07, 6.45) is -10.7. The van der Waals surface area contributed by atoms with Gasteiger partial charge in [-0.3, -0.25) is 10.1 Å². The molecule has 0 radical (unpaired) electrons. The van der Waals surface area contributed by atoms with Crippen molar-refractivity contribution in [2.45, 2.75) is 12.4 Å². The lowest BCUT2D eigenvalue weighted by molar-refractivity contribution is -0.384. The molecule has 0 heterocycles. The van der Waals surface area contributed by atoms with E-state index in [2.05, 4.69) is 4.74 Å². The van der Waals surface area contributed by atoms with E-state index in [4.69, 9.17) is 0 Å². The molecule has 0 amide bonds. The number of benzene rings is 3. The summed E-state index contributed by atoms with van der Waals surface area (Å²) in [5.41, 5.74) is -7.33. The predicted molar refractivity (Wildman–Crippen MR) is 97.4 cm³/mol. The molecule has 0 atom stereocenters. The Morgan fingerprint density at radius 1 is 0.935 bits per heavy atom. The third-order valence-electron chi connectivity index (χ3n) is 4.53. The lowest BCUT2D eigenvalue weighted by Crippen LogP contribution is -2.15. The molecule has 0 aliphatic carbocycles. The number of carbonyl (C=O) groups excluding carboxylic acids is 1. The van der Waals surface area contributed by atoms with E-state index in [9.17, 15) is 41.3 Å². The van der Waals surface area contributed by atoms with E-state index in [-0.39, 0.29) is 17.5 Å². The van der Waals surface area contributed by atoms with Gasteiger partial charge in [0.1, 0.15) is 0 Å². The van der Waals surface area contributed by atoms with Crippen LogP contribution >= 0.6 is 0 Å². The van der Waals surface area contributed by atoms with Gasteiger partial charge in [-0.15, -0.1) is 0 Å². The molecule has 5 nitrogen and oxygen atoms in total. The molecule has 0 unspecified atom stereocenters. The van der Waals surface area contributed by atoms with Crippen LogP contribution < -0.4 is 0 Å². The minimum atomic E-state index is -5.40. The van der Waals surface area contributed by atoms with Gasteiger partial charge in [0.25, 0.3) is 5.69 Å². The van der Waals surface area contributed by atoms with Gasteiger partial charge >= 0.3 is 18.3 Å². The van der Waals surface area contributed by atoms with E-state index >= 15 is 0 Å². The van der Waals surface area contributed by atoms with Crippen LogP contribution in [0.5, 0.6) is 0 Å². The summed E-state index contributed by atoms with van der Waals surface area (Å²) in [6.45, 7) is 0. The van der Waals surface area contributed by atoms with Crippen LogP contribution in [0.4, 0.5) is 32.0 Å². The number of carbonyl (C=O) groups is 1. The average Bonchev–Trinajstić information content (AvgIpc) is 2.70. The number of hydrogen-bond donors (Lipinski definition) is 0. The molecule has 0 spiro atoms. The molecule has 0 aliphatic rings. The highest BCUT2D eigenvalue weighted by atomic mass is 19.4. The average molecular weight is 443 g/mol. The number of halogens is 6. The first-order valence-corrected chi connectivity index (χ1v) is 8.43. The number of ether oxygens (including phenoxy) is 1. The summed E-state index contributed by atoms with van der Waals surface area (Å²) >= 11 is 0. The van der Waals surface area contributed by atoms with Gasteiger partial charge in [0, 0.05) is 11.6 Å². The lowest BCUT2D eigenvalue weighted by atomic mass is 9.88. The van der Waals surface area contributed by atoms with Crippen molar-refractivity contribution < 1.29 is 40.8 Å². The lowest BCUT2D eigenvalue weighted by Gasteiger charge is -2.19. The van der Waals surface area contributed by atoms with Crippen molar-refractivity contribution in [1.82, 2.24) is 0 Å². The number of fused-ring (bicyclic) bond motifs is 1. The van der Waals surface area contributed by atoms with Gasteiger partial charge in [-0.2, -0.15) is 26.3 Å². The molecule has 0 N–H and O–H groups in total. The molecule has 0 bridgehead atoms. The zero-order valence-corrected chi connectivity index (χ0v) is 15.5. The van der Waals surface area contributed by atoms with E-state index in [1.54, 1.807) is 0 Å². The second-order valence-corrected chi connectivity index (χ2v) is 6.37. The van der Waals surface area contributed by atoms with Crippen LogP contribution in [0, 0.1) is 10.1 Å². The fourth-order valence-corrected chi connectivity index (χ4v) is 3.24. The van der Waals surface area contributed by atoms with Crippen molar-refractivity contribution in [2.24, 2.45) is 0 Å². The Labute approximate surface area is 170 Å². The van der Waals surface area contributed by atoms with Crippen LogP contribution in [-0.2, 0) is 17.1 Å². The molecule has 3 rings (SSSR count). The van der Waals surface area contributed by atoms with Crippen LogP contribution in [0.3, 0.4) is 0 Å². The van der Waals surface area contributed by atoms with Crippen LogP contribution in [0.1, 0.15) is 21.5 Å². The SMILES string of the molecule is COC(=O)c1ccc2ccccc2c1-c1c([N+](=O)[O-])cc(C(F)(F)F)cc1C(F)(F)F. The van der Waals surface area contributed by atoms with Crippen LogP contribution in [0.25, 0.3) is 21.9 Å². The Hall–Kier alpha value is -3.63. The number of esters is 1. The first-order chi connectivity index (χ1) is 14.4. The van der Waals surface area contributed by atoms with E-state index in [0.717, 1.165) is 13.2 Å². The highest BCUT2D eigenvalue weighted by Crippen LogP contribution is 2.48. The Morgan fingerprint density at radius 3 is 2.13 bits per heavy atom. The minimum Gasteiger partial charge on any atom is -0.465 e. The van der Waals surface area contributed by atoms with Crippen molar-refractivity contribution in [3.63, 3.8) is 0 Å². The van der Waals surface area contributed by atoms with Gasteiger partial charge in [0.15, 0.2) is 0 Å². The zero-order chi connectivity index (χ0) is 23.1. The smallest absolute Gasteiger partial charge is 0.417 e. The summed E-state index contributed by atoms with van der Waals surface area (Å²) in [6, 6.07) is 8.03. The number of nitrogens with zero attached hydrogens (tertiary/aromatic N) is 1. The van der Waals surface area contributed by atoms with Crippen molar-refractivity contribution >= 4 is 22.4 Å². The van der Waals surface area contributed by atoms with Gasteiger partial charge in [0.2, 0.25) is 0 Å². The summed E-state index contributed by atoms with van der Waals surface area (Å²) in [5, 5.41) is 11.9. The number of rotatable bonds is 3. The Balaban J connectivity index is 2.61. The van der Waals surface area contributed by atoms with Gasteiger partial charge in [-0.1, -0.05) is 30.3 Å². The van der Waals surface area contributed by atoms with Crippen molar-refractivity contribution in [3.8, 4) is 11.1 Å². The van der Waals surface area contributed by atoms with Gasteiger partial charge in [-0.05, 0) is 22.9 Å². The van der Waals surface area contributed by atoms with E-state index in [1.807, 2.05) is 0 Å². The molecule has 0 aliphatic heterocycles. The Morgan fingerprint density at radius 2 is 1.58 bits per heavy atom. The van der Waals surface area contributed by atoms with Crippen LogP contribution in [0.15, 0.2) is 48.5 Å². The molecule has 162 valence electrons. The van der Waals surface area contributed by atoms with E-state index in [1.165, 1.54) is 30.3 Å². The fraction of sp³-hybridized carbons (Fsp3) is 0.150. The number of methoxy groups -OCH3 is 1. The summed E-state index contributed by atoms with van der Waals surface area (Å²) in [5.74, 6) is -1.11. The minimum absolute atomic E-state index is 0.00115. The van der Waals surface area contributed by atoms with Crippen molar-refractivity contribution in [1.29, 1.82) is 0 Å². The Bertz CT molecular complexity index is 1200.